The predicted octanol–water partition coefficient (Wildman–Crippen LogP) is 2.07. The molecule has 1 aliphatic rings. The molecule has 1 aromatic carbocycles. The van der Waals surface area contributed by atoms with Gasteiger partial charge in [-0.15, -0.1) is 12.4 Å². The van der Waals surface area contributed by atoms with Crippen LogP contribution in [-0.4, -0.2) is 43.6 Å². The molecule has 0 aliphatic carbocycles. The van der Waals surface area contributed by atoms with Crippen LogP contribution in [0.5, 0.6) is 5.75 Å². The number of alkyl halides is 2. The summed E-state index contributed by atoms with van der Waals surface area (Å²) < 4.78 is 28.3. The smallest absolute Gasteiger partial charge is 0.387 e. The van der Waals surface area contributed by atoms with Crippen molar-refractivity contribution in [3.63, 3.8) is 0 Å². The van der Waals surface area contributed by atoms with Gasteiger partial charge in [0, 0.05) is 19.6 Å². The fourth-order valence-electron chi connectivity index (χ4n) is 2.26. The standard InChI is InChI=1S/C14H18F2N2O2.ClH/c1-18(11-6-7-17-9-11)13(19)8-10-2-4-12(5-3-10)20-14(15)16;/h2-5,11,14,17H,6-9H2,1H3;1H. The molecule has 1 atom stereocenters. The van der Waals surface area contributed by atoms with Crippen LogP contribution in [0.2, 0.25) is 0 Å². The number of hydrogen-bond acceptors (Lipinski definition) is 3. The maximum Gasteiger partial charge on any atom is 0.387 e. The normalized spacial score (nSPS) is 17.4. The van der Waals surface area contributed by atoms with Crippen LogP contribution in [0.15, 0.2) is 24.3 Å². The highest BCUT2D eigenvalue weighted by Crippen LogP contribution is 2.16. The third-order valence-corrected chi connectivity index (χ3v) is 3.48. The lowest BCUT2D eigenvalue weighted by Crippen LogP contribution is -2.39. The number of halogens is 3. The van der Waals surface area contributed by atoms with E-state index in [2.05, 4.69) is 10.1 Å². The van der Waals surface area contributed by atoms with Gasteiger partial charge in [0.1, 0.15) is 5.75 Å². The first kappa shape index (κ1) is 17.7. The lowest BCUT2D eigenvalue weighted by molar-refractivity contribution is -0.130. The molecule has 4 nitrogen and oxygen atoms in total. The number of nitrogens with one attached hydrogen (secondary N) is 1. The van der Waals surface area contributed by atoms with E-state index in [0.29, 0.717) is 0 Å². The molecule has 0 bridgehead atoms. The Hall–Kier alpha value is -1.40. The Balaban J connectivity index is 0.00000220. The van der Waals surface area contributed by atoms with Crippen LogP contribution >= 0.6 is 12.4 Å². The van der Waals surface area contributed by atoms with E-state index in [1.54, 1.807) is 24.1 Å². The number of carbonyl (C=O) groups excluding carboxylic acids is 1. The second kappa shape index (κ2) is 8.14. The summed E-state index contributed by atoms with van der Waals surface area (Å²) in [7, 11) is 1.80. The zero-order chi connectivity index (χ0) is 14.5. The van der Waals surface area contributed by atoms with Gasteiger partial charge in [0.05, 0.1) is 6.42 Å². The third-order valence-electron chi connectivity index (χ3n) is 3.48. The first-order chi connectivity index (χ1) is 9.56. The number of ether oxygens (including phenoxy) is 1. The number of benzene rings is 1. The van der Waals surface area contributed by atoms with Crippen LogP contribution in [0.4, 0.5) is 8.78 Å². The van der Waals surface area contributed by atoms with E-state index in [9.17, 15) is 13.6 Å². The highest BCUT2D eigenvalue weighted by Gasteiger charge is 2.22. The maximum absolute atomic E-state index is 12.1. The summed E-state index contributed by atoms with van der Waals surface area (Å²) in [6.45, 7) is -1.07. The molecule has 118 valence electrons. The summed E-state index contributed by atoms with van der Waals surface area (Å²) in [5.41, 5.74) is 0.787. The maximum atomic E-state index is 12.1. The fraction of sp³-hybridized carbons (Fsp3) is 0.500. The minimum absolute atomic E-state index is 0. The summed E-state index contributed by atoms with van der Waals surface area (Å²) in [6, 6.07) is 6.41. The number of hydrogen-bond donors (Lipinski definition) is 1. The minimum atomic E-state index is -2.83. The molecule has 1 fully saturated rings. The van der Waals surface area contributed by atoms with Crippen molar-refractivity contribution in [3.05, 3.63) is 29.8 Å². The van der Waals surface area contributed by atoms with Crippen LogP contribution in [0.25, 0.3) is 0 Å². The van der Waals surface area contributed by atoms with E-state index in [1.165, 1.54) is 12.1 Å². The quantitative estimate of drug-likeness (QED) is 0.903. The number of rotatable bonds is 5. The Kier molecular flexibility index (Phi) is 6.84. The number of likely N-dealkylation sites (N-methyl/N-ethyl adjacent to an activating group) is 1. The lowest BCUT2D eigenvalue weighted by atomic mass is 10.1. The molecule has 1 aliphatic heterocycles. The second-order valence-corrected chi connectivity index (χ2v) is 4.85. The van der Waals surface area contributed by atoms with Gasteiger partial charge >= 0.3 is 6.61 Å². The summed E-state index contributed by atoms with van der Waals surface area (Å²) in [4.78, 5) is 13.9. The van der Waals surface area contributed by atoms with Crippen molar-refractivity contribution in [3.8, 4) is 5.75 Å². The van der Waals surface area contributed by atoms with Crippen molar-refractivity contribution in [2.75, 3.05) is 20.1 Å². The molecule has 1 N–H and O–H groups in total. The van der Waals surface area contributed by atoms with Crippen LogP contribution < -0.4 is 10.1 Å². The average molecular weight is 321 g/mol. The zero-order valence-electron chi connectivity index (χ0n) is 11.7. The molecular weight excluding hydrogens is 302 g/mol. The Morgan fingerprint density at radius 2 is 2.10 bits per heavy atom. The van der Waals surface area contributed by atoms with Crippen LogP contribution in [0.3, 0.4) is 0 Å². The molecule has 1 heterocycles. The van der Waals surface area contributed by atoms with E-state index in [-0.39, 0.29) is 36.5 Å². The Bertz CT molecular complexity index is 451. The molecule has 0 radical (unpaired) electrons. The Morgan fingerprint density at radius 1 is 1.43 bits per heavy atom. The highest BCUT2D eigenvalue weighted by molar-refractivity contribution is 5.85. The van der Waals surface area contributed by atoms with Gasteiger partial charge in [0.25, 0.3) is 0 Å². The molecule has 2 rings (SSSR count). The first-order valence-corrected chi connectivity index (χ1v) is 6.56. The fourth-order valence-corrected chi connectivity index (χ4v) is 2.26. The molecule has 7 heteroatoms. The molecule has 0 saturated carbocycles. The molecule has 1 saturated heterocycles. The molecule has 1 aromatic rings. The van der Waals surface area contributed by atoms with Gasteiger partial charge in [-0.25, -0.2) is 0 Å². The first-order valence-electron chi connectivity index (χ1n) is 6.56. The van der Waals surface area contributed by atoms with Gasteiger partial charge in [-0.1, -0.05) is 12.1 Å². The lowest BCUT2D eigenvalue weighted by Gasteiger charge is -2.23. The van der Waals surface area contributed by atoms with Crippen molar-refractivity contribution in [2.24, 2.45) is 0 Å². The summed E-state index contributed by atoms with van der Waals surface area (Å²) in [5.74, 6) is 0.130. The van der Waals surface area contributed by atoms with Gasteiger partial charge < -0.3 is 15.0 Å². The molecule has 0 aromatic heterocycles. The summed E-state index contributed by atoms with van der Waals surface area (Å²) in [5, 5.41) is 3.22. The van der Waals surface area contributed by atoms with Crippen LogP contribution in [0, 0.1) is 0 Å². The van der Waals surface area contributed by atoms with Crippen molar-refractivity contribution >= 4 is 18.3 Å². The molecular formula is C14H19ClF2N2O2. The predicted molar refractivity (Wildman–Crippen MR) is 78.1 cm³/mol. The number of amides is 1. The number of nitrogens with zero attached hydrogens (tertiary/aromatic N) is 1. The van der Waals surface area contributed by atoms with Crippen LogP contribution in [0.1, 0.15) is 12.0 Å². The highest BCUT2D eigenvalue weighted by atomic mass is 35.5. The van der Waals surface area contributed by atoms with Gasteiger partial charge in [-0.2, -0.15) is 8.78 Å². The molecule has 1 unspecified atom stereocenters. The molecule has 21 heavy (non-hydrogen) atoms. The van der Waals surface area contributed by atoms with E-state index in [4.69, 9.17) is 0 Å². The SMILES string of the molecule is CN(C(=O)Cc1ccc(OC(F)F)cc1)C1CCNC1.Cl. The minimum Gasteiger partial charge on any atom is -0.435 e. The monoisotopic (exact) mass is 320 g/mol. The zero-order valence-corrected chi connectivity index (χ0v) is 12.5. The largest absolute Gasteiger partial charge is 0.435 e. The average Bonchev–Trinajstić information content (AvgIpc) is 2.93. The summed E-state index contributed by atoms with van der Waals surface area (Å²) >= 11 is 0. The van der Waals surface area contributed by atoms with E-state index < -0.39 is 6.61 Å². The van der Waals surface area contributed by atoms with E-state index >= 15 is 0 Å². The second-order valence-electron chi connectivity index (χ2n) is 4.85. The van der Waals surface area contributed by atoms with Crippen LogP contribution in [-0.2, 0) is 11.2 Å². The van der Waals surface area contributed by atoms with Gasteiger partial charge in [0.15, 0.2) is 0 Å². The molecule has 1 amide bonds. The third kappa shape index (κ3) is 5.13. The Labute approximate surface area is 128 Å². The van der Waals surface area contributed by atoms with E-state index in [0.717, 1.165) is 25.1 Å². The van der Waals surface area contributed by atoms with E-state index in [1.807, 2.05) is 0 Å². The Morgan fingerprint density at radius 3 is 2.62 bits per heavy atom. The van der Waals surface area contributed by atoms with Crippen molar-refractivity contribution < 1.29 is 18.3 Å². The van der Waals surface area contributed by atoms with Crippen molar-refractivity contribution in [1.29, 1.82) is 0 Å². The van der Waals surface area contributed by atoms with Gasteiger partial charge in [-0.05, 0) is 30.7 Å². The van der Waals surface area contributed by atoms with Crippen molar-refractivity contribution in [1.82, 2.24) is 10.2 Å². The van der Waals surface area contributed by atoms with Gasteiger partial charge in [0.2, 0.25) is 5.91 Å². The van der Waals surface area contributed by atoms with Crippen molar-refractivity contribution in [2.45, 2.75) is 25.5 Å². The summed E-state index contributed by atoms with van der Waals surface area (Å²) in [6.07, 6.45) is 1.23. The molecule has 0 spiro atoms. The van der Waals surface area contributed by atoms with Gasteiger partial charge in [-0.3, -0.25) is 4.79 Å². The topological polar surface area (TPSA) is 41.6 Å². The number of carbonyl (C=O) groups is 1.